The molecule has 0 bridgehead atoms. The van der Waals surface area contributed by atoms with Gasteiger partial charge in [0.1, 0.15) is 24.4 Å². The molecular weight excluding hydrogens is 1130 g/mol. The fourth-order valence-corrected chi connectivity index (χ4v) is 13.9. The number of rotatable bonds is 75. The van der Waals surface area contributed by atoms with Crippen molar-refractivity contribution >= 4 is 5.91 Å². The van der Waals surface area contributed by atoms with E-state index in [1.54, 1.807) is 6.08 Å². The molecule has 0 aliphatic carbocycles. The van der Waals surface area contributed by atoms with E-state index in [4.69, 9.17) is 9.47 Å². The van der Waals surface area contributed by atoms with E-state index in [0.29, 0.717) is 6.42 Å². The lowest BCUT2D eigenvalue weighted by molar-refractivity contribution is -0.302. The van der Waals surface area contributed by atoms with E-state index in [1.165, 1.54) is 392 Å². The molecule has 542 valence electrons. The molecule has 7 unspecified atom stereocenters. The average molecular weight is 1290 g/mol. The lowest BCUT2D eigenvalue weighted by Crippen LogP contribution is -2.60. The van der Waals surface area contributed by atoms with Crippen LogP contribution in [0, 0.1) is 0 Å². The third-order valence-electron chi connectivity index (χ3n) is 20.4. The number of carbonyl (C=O) groups excluding carboxylic acids is 1. The second kappa shape index (κ2) is 71.7. The highest BCUT2D eigenvalue weighted by molar-refractivity contribution is 5.76. The summed E-state index contributed by atoms with van der Waals surface area (Å²) in [6, 6.07) is -0.803. The summed E-state index contributed by atoms with van der Waals surface area (Å²) in [6.45, 7) is 3.86. The van der Waals surface area contributed by atoms with E-state index >= 15 is 0 Å². The van der Waals surface area contributed by atoms with Crippen LogP contribution in [0.25, 0.3) is 0 Å². The number of hydrogen-bond acceptors (Lipinski definition) is 8. The molecule has 1 aliphatic rings. The maximum atomic E-state index is 13.2. The van der Waals surface area contributed by atoms with Crippen molar-refractivity contribution < 1.29 is 39.8 Å². The van der Waals surface area contributed by atoms with E-state index in [0.717, 1.165) is 38.5 Å². The Kier molecular flexibility index (Phi) is 69.3. The summed E-state index contributed by atoms with van der Waals surface area (Å²) < 4.78 is 11.4. The Morgan fingerprint density at radius 1 is 0.363 bits per heavy atom. The van der Waals surface area contributed by atoms with Gasteiger partial charge in [-0.2, -0.15) is 0 Å². The monoisotopic (exact) mass is 1290 g/mol. The van der Waals surface area contributed by atoms with Crippen LogP contribution in [0.15, 0.2) is 12.2 Å². The highest BCUT2D eigenvalue weighted by atomic mass is 16.7. The van der Waals surface area contributed by atoms with E-state index in [9.17, 15) is 30.3 Å². The number of aliphatic hydroxyl groups is 5. The number of carbonyl (C=O) groups is 1. The SMILES string of the molecule is CCCCCCCCCCCCCCCCCCCCCCCCCCCCCCC/C=C/C(O)C(COC1OC(CO)C(O)C(O)C1O)NC(=O)CCCCCCCCCCCCCCCCCCCCCCCCCCCCCCCCCCCCCCC. The second-order valence-electron chi connectivity index (χ2n) is 29.3. The molecule has 1 aliphatic heterocycles. The predicted octanol–water partition coefficient (Wildman–Crippen LogP) is 23.8. The van der Waals surface area contributed by atoms with Gasteiger partial charge in [-0.05, 0) is 19.3 Å². The molecule has 0 saturated carbocycles. The molecule has 0 aromatic heterocycles. The number of unbranched alkanes of at least 4 members (excludes halogenated alkanes) is 65. The molecule has 9 heteroatoms. The maximum Gasteiger partial charge on any atom is 0.220 e. The summed E-state index contributed by atoms with van der Waals surface area (Å²) in [5, 5.41) is 54.9. The zero-order chi connectivity index (χ0) is 65.7. The number of amides is 1. The molecule has 7 atom stereocenters. The fraction of sp³-hybridized carbons (Fsp3) is 0.963. The van der Waals surface area contributed by atoms with Crippen LogP contribution >= 0.6 is 0 Å². The lowest BCUT2D eigenvalue weighted by Gasteiger charge is -2.40. The Hall–Kier alpha value is -1.07. The van der Waals surface area contributed by atoms with Gasteiger partial charge < -0.3 is 40.3 Å². The Bertz CT molecular complexity index is 1450. The van der Waals surface area contributed by atoms with Crippen molar-refractivity contribution in [2.75, 3.05) is 13.2 Å². The Balaban J connectivity index is 2.04. The number of hydrogen-bond donors (Lipinski definition) is 6. The molecule has 0 radical (unpaired) electrons. The summed E-state index contributed by atoms with van der Waals surface area (Å²) in [5.74, 6) is -0.165. The zero-order valence-electron chi connectivity index (χ0n) is 61.2. The Labute approximate surface area is 567 Å². The minimum atomic E-state index is -1.57. The number of aliphatic hydroxyl groups excluding tert-OH is 5. The van der Waals surface area contributed by atoms with E-state index in [2.05, 4.69) is 19.2 Å². The lowest BCUT2D eigenvalue weighted by atomic mass is 9.99. The summed E-state index contributed by atoms with van der Waals surface area (Å²) in [6.07, 6.45) is 88.1. The van der Waals surface area contributed by atoms with Crippen molar-refractivity contribution in [3.8, 4) is 0 Å². The van der Waals surface area contributed by atoms with Gasteiger partial charge in [-0.25, -0.2) is 0 Å². The number of nitrogens with one attached hydrogen (secondary N) is 1. The summed E-state index contributed by atoms with van der Waals surface area (Å²) in [4.78, 5) is 13.2. The van der Waals surface area contributed by atoms with Gasteiger partial charge in [0.15, 0.2) is 6.29 Å². The van der Waals surface area contributed by atoms with Crippen molar-refractivity contribution in [2.45, 2.75) is 493 Å². The number of allylic oxidation sites excluding steroid dienone is 1. The Morgan fingerprint density at radius 3 is 0.857 bits per heavy atom. The first kappa shape index (κ1) is 87.9. The minimum Gasteiger partial charge on any atom is -0.394 e. The number of ether oxygens (including phenoxy) is 2. The van der Waals surface area contributed by atoms with Crippen LogP contribution in [0.5, 0.6) is 0 Å². The molecule has 0 aromatic rings. The topological polar surface area (TPSA) is 149 Å². The van der Waals surface area contributed by atoms with Crippen molar-refractivity contribution in [3.63, 3.8) is 0 Å². The molecule has 1 saturated heterocycles. The molecule has 1 rings (SSSR count). The standard InChI is InChI=1S/C82H161NO8/c1-3-5-7-9-11-13-15-17-19-21-23-25-27-29-31-33-35-36-37-38-39-40-42-44-46-48-50-52-54-56-58-60-62-64-66-68-70-72-78(86)83-75(74-90-82-81(89)80(88)79(87)77(73-84)91-82)76(85)71-69-67-65-63-61-59-57-55-53-51-49-47-45-43-41-34-32-30-28-26-24-22-20-18-16-14-12-10-8-6-4-2/h69,71,75-77,79-82,84-85,87-89H,3-68,70,72-74H2,1-2H3,(H,83,86)/b71-69+. The van der Waals surface area contributed by atoms with Crippen molar-refractivity contribution in [1.82, 2.24) is 5.32 Å². The van der Waals surface area contributed by atoms with Crippen LogP contribution < -0.4 is 5.32 Å². The van der Waals surface area contributed by atoms with Crippen molar-refractivity contribution in [2.24, 2.45) is 0 Å². The molecule has 0 spiro atoms. The van der Waals surface area contributed by atoms with Gasteiger partial charge in [0.05, 0.1) is 25.4 Å². The van der Waals surface area contributed by atoms with Gasteiger partial charge in [-0.15, -0.1) is 0 Å². The van der Waals surface area contributed by atoms with Crippen LogP contribution in [0.3, 0.4) is 0 Å². The highest BCUT2D eigenvalue weighted by Gasteiger charge is 2.44. The molecular formula is C82H161NO8. The van der Waals surface area contributed by atoms with Crippen LogP contribution in [0.1, 0.15) is 450 Å². The molecule has 91 heavy (non-hydrogen) atoms. The van der Waals surface area contributed by atoms with Crippen LogP contribution in [-0.4, -0.2) is 87.5 Å². The van der Waals surface area contributed by atoms with Gasteiger partial charge in [-0.1, -0.05) is 437 Å². The van der Waals surface area contributed by atoms with Gasteiger partial charge in [0.2, 0.25) is 5.91 Å². The van der Waals surface area contributed by atoms with Crippen LogP contribution in [-0.2, 0) is 14.3 Å². The molecule has 0 aromatic carbocycles. The second-order valence-corrected chi connectivity index (χ2v) is 29.3. The van der Waals surface area contributed by atoms with E-state index in [-0.39, 0.29) is 12.5 Å². The van der Waals surface area contributed by atoms with Crippen LogP contribution in [0.4, 0.5) is 0 Å². The summed E-state index contributed by atoms with van der Waals surface area (Å²) in [7, 11) is 0. The maximum absolute atomic E-state index is 13.2. The Morgan fingerprint density at radius 2 is 0.604 bits per heavy atom. The molecule has 1 amide bonds. The summed E-state index contributed by atoms with van der Waals surface area (Å²) >= 11 is 0. The molecule has 1 fully saturated rings. The van der Waals surface area contributed by atoms with Gasteiger partial charge in [0, 0.05) is 6.42 Å². The van der Waals surface area contributed by atoms with Crippen molar-refractivity contribution in [1.29, 1.82) is 0 Å². The highest BCUT2D eigenvalue weighted by Crippen LogP contribution is 2.24. The van der Waals surface area contributed by atoms with Gasteiger partial charge in [0.25, 0.3) is 0 Å². The quantitative estimate of drug-likeness (QED) is 0.0261. The average Bonchev–Trinajstić information content (AvgIpc) is 1.51. The first-order valence-electron chi connectivity index (χ1n) is 41.4. The molecule has 6 N–H and O–H groups in total. The largest absolute Gasteiger partial charge is 0.394 e. The third-order valence-corrected chi connectivity index (χ3v) is 20.4. The molecule has 1 heterocycles. The van der Waals surface area contributed by atoms with E-state index < -0.39 is 49.5 Å². The van der Waals surface area contributed by atoms with Gasteiger partial charge in [-0.3, -0.25) is 4.79 Å². The normalized spacial score (nSPS) is 17.6. The smallest absolute Gasteiger partial charge is 0.220 e. The van der Waals surface area contributed by atoms with Gasteiger partial charge >= 0.3 is 0 Å². The third kappa shape index (κ3) is 59.9. The first-order valence-corrected chi connectivity index (χ1v) is 41.4. The fourth-order valence-electron chi connectivity index (χ4n) is 13.9. The van der Waals surface area contributed by atoms with Crippen molar-refractivity contribution in [3.05, 3.63) is 12.2 Å². The molecule has 9 nitrogen and oxygen atoms in total. The predicted molar refractivity (Wildman–Crippen MR) is 392 cm³/mol. The first-order chi connectivity index (χ1) is 44.8. The van der Waals surface area contributed by atoms with E-state index in [1.807, 2.05) is 6.08 Å². The van der Waals surface area contributed by atoms with Crippen LogP contribution in [0.2, 0.25) is 0 Å². The summed E-state index contributed by atoms with van der Waals surface area (Å²) in [5.41, 5.74) is 0. The minimum absolute atomic E-state index is 0.165. The zero-order valence-corrected chi connectivity index (χ0v) is 61.2.